The Labute approximate surface area is 164 Å². The van der Waals surface area contributed by atoms with Crippen molar-refractivity contribution in [1.82, 2.24) is 9.88 Å². The van der Waals surface area contributed by atoms with Gasteiger partial charge in [0, 0.05) is 37.6 Å². The van der Waals surface area contributed by atoms with Crippen molar-refractivity contribution in [2.45, 2.75) is 26.4 Å². The molecule has 0 aliphatic carbocycles. The summed E-state index contributed by atoms with van der Waals surface area (Å²) in [5.41, 5.74) is 0.652. The molecule has 0 fully saturated rings. The topological polar surface area (TPSA) is 71.5 Å². The van der Waals surface area contributed by atoms with Gasteiger partial charge in [-0.2, -0.15) is 0 Å². The predicted molar refractivity (Wildman–Crippen MR) is 106 cm³/mol. The minimum absolute atomic E-state index is 0.253. The molecule has 1 amide bonds. The van der Waals surface area contributed by atoms with Gasteiger partial charge in [-0.25, -0.2) is 14.2 Å². The van der Waals surface area contributed by atoms with Gasteiger partial charge in [0.25, 0.3) is 0 Å². The summed E-state index contributed by atoms with van der Waals surface area (Å²) < 4.78 is 18.4. The van der Waals surface area contributed by atoms with Gasteiger partial charge in [-0.3, -0.25) is 10.1 Å². The fourth-order valence-electron chi connectivity index (χ4n) is 2.35. The molecule has 0 spiro atoms. The zero-order valence-electron chi connectivity index (χ0n) is 16.6. The molecule has 0 aliphatic rings. The normalized spacial score (nSPS) is 11.7. The maximum atomic E-state index is 13.2. The van der Waals surface area contributed by atoms with E-state index in [0.29, 0.717) is 16.7 Å². The molecule has 0 saturated carbocycles. The van der Waals surface area contributed by atoms with Crippen LogP contribution in [0.25, 0.3) is 5.57 Å². The second kappa shape index (κ2) is 8.65. The van der Waals surface area contributed by atoms with Gasteiger partial charge in [-0.05, 0) is 62.7 Å². The minimum Gasteiger partial charge on any atom is -0.444 e. The van der Waals surface area contributed by atoms with E-state index in [1.807, 2.05) is 0 Å². The molecule has 1 aromatic carbocycles. The van der Waals surface area contributed by atoms with Gasteiger partial charge in [0.2, 0.25) is 0 Å². The quantitative estimate of drug-likeness (QED) is 0.612. The van der Waals surface area contributed by atoms with E-state index in [1.165, 1.54) is 30.5 Å². The van der Waals surface area contributed by atoms with Crippen LogP contribution in [0, 0.1) is 5.82 Å². The summed E-state index contributed by atoms with van der Waals surface area (Å²) in [6.07, 6.45) is 2.52. The summed E-state index contributed by atoms with van der Waals surface area (Å²) in [5, 5.41) is 2.56. The first-order valence-electron chi connectivity index (χ1n) is 8.70. The van der Waals surface area contributed by atoms with Crippen LogP contribution >= 0.6 is 0 Å². The molecule has 0 saturated heterocycles. The van der Waals surface area contributed by atoms with E-state index in [9.17, 15) is 14.0 Å². The number of ketones is 1. The van der Waals surface area contributed by atoms with Crippen LogP contribution in [0.3, 0.4) is 0 Å². The van der Waals surface area contributed by atoms with Gasteiger partial charge in [0.15, 0.2) is 5.78 Å². The zero-order valence-corrected chi connectivity index (χ0v) is 16.6. The predicted octanol–water partition coefficient (Wildman–Crippen LogP) is 4.35. The molecule has 1 heterocycles. The average molecular weight is 385 g/mol. The first-order chi connectivity index (χ1) is 13.0. The molecule has 0 radical (unpaired) electrons. The molecule has 0 aliphatic heterocycles. The lowest BCUT2D eigenvalue weighted by atomic mass is 9.98. The number of rotatable bonds is 5. The van der Waals surface area contributed by atoms with Crippen molar-refractivity contribution in [3.63, 3.8) is 0 Å². The molecule has 0 bridgehead atoms. The number of nitrogens with zero attached hydrogens (tertiary/aromatic N) is 2. The summed E-state index contributed by atoms with van der Waals surface area (Å²) in [7, 11) is 3.58. The summed E-state index contributed by atoms with van der Waals surface area (Å²) in [4.78, 5) is 30.8. The van der Waals surface area contributed by atoms with E-state index in [0.717, 1.165) is 0 Å². The van der Waals surface area contributed by atoms with Gasteiger partial charge in [0.05, 0.1) is 0 Å². The Kier molecular flexibility index (Phi) is 6.51. The molecule has 1 aromatic heterocycles. The fraction of sp³-hybridized carbons (Fsp3) is 0.286. The Morgan fingerprint density at radius 3 is 2.32 bits per heavy atom. The second-order valence-electron chi connectivity index (χ2n) is 7.40. The fourth-order valence-corrected chi connectivity index (χ4v) is 2.35. The van der Waals surface area contributed by atoms with E-state index < -0.39 is 17.5 Å². The molecule has 2 rings (SSSR count). The van der Waals surface area contributed by atoms with Crippen molar-refractivity contribution in [2.75, 3.05) is 19.4 Å². The lowest BCUT2D eigenvalue weighted by Crippen LogP contribution is -2.27. The molecule has 148 valence electrons. The SMILES string of the molecule is CN(C)/C=C(\C(=O)c1ccc(F)cc1)c1ccnc(NC(=O)OC(C)(C)C)c1. The van der Waals surface area contributed by atoms with Crippen molar-refractivity contribution in [3.8, 4) is 0 Å². The number of ether oxygens (including phenoxy) is 1. The number of anilines is 1. The number of allylic oxidation sites excluding steroid dienone is 1. The maximum Gasteiger partial charge on any atom is 0.413 e. The van der Waals surface area contributed by atoms with Crippen molar-refractivity contribution in [3.05, 3.63) is 65.7 Å². The zero-order chi connectivity index (χ0) is 20.9. The number of carbonyl (C=O) groups excluding carboxylic acids is 2. The van der Waals surface area contributed by atoms with Gasteiger partial charge < -0.3 is 9.64 Å². The van der Waals surface area contributed by atoms with E-state index in [-0.39, 0.29) is 11.6 Å². The highest BCUT2D eigenvalue weighted by molar-refractivity contribution is 6.28. The monoisotopic (exact) mass is 385 g/mol. The van der Waals surface area contributed by atoms with Crippen molar-refractivity contribution in [2.24, 2.45) is 0 Å². The summed E-state index contributed by atoms with van der Waals surface area (Å²) in [5.74, 6) is -0.436. The second-order valence-corrected chi connectivity index (χ2v) is 7.40. The van der Waals surface area contributed by atoms with Crippen molar-refractivity contribution < 1.29 is 18.7 Å². The molecular formula is C21H24FN3O3. The lowest BCUT2D eigenvalue weighted by molar-refractivity contribution is 0.0635. The lowest BCUT2D eigenvalue weighted by Gasteiger charge is -2.19. The minimum atomic E-state index is -0.643. The third-order valence-corrected chi connectivity index (χ3v) is 3.44. The van der Waals surface area contributed by atoms with Gasteiger partial charge in [0.1, 0.15) is 17.2 Å². The highest BCUT2D eigenvalue weighted by Crippen LogP contribution is 2.23. The number of amides is 1. The Morgan fingerprint density at radius 1 is 1.11 bits per heavy atom. The molecule has 7 heteroatoms. The van der Waals surface area contributed by atoms with E-state index in [2.05, 4.69) is 10.3 Å². The first-order valence-corrected chi connectivity index (χ1v) is 8.70. The average Bonchev–Trinajstić information content (AvgIpc) is 2.58. The number of hydrogen-bond donors (Lipinski definition) is 1. The molecule has 6 nitrogen and oxygen atoms in total. The third-order valence-electron chi connectivity index (χ3n) is 3.44. The van der Waals surface area contributed by atoms with E-state index in [1.54, 1.807) is 58.1 Å². The standard InChI is InChI=1S/C21H24FN3O3/c1-21(2,3)28-20(27)24-18-12-15(10-11-23-18)17(13-25(4)5)19(26)14-6-8-16(22)9-7-14/h6-13H,1-5H3,(H,23,24,27)/b17-13-. The van der Waals surface area contributed by atoms with Crippen LogP contribution in [0.4, 0.5) is 15.0 Å². The van der Waals surface area contributed by atoms with Gasteiger partial charge in [-0.15, -0.1) is 0 Å². The molecule has 1 N–H and O–H groups in total. The number of nitrogens with one attached hydrogen (secondary N) is 1. The van der Waals surface area contributed by atoms with Crippen LogP contribution in [0.15, 0.2) is 48.8 Å². The number of aromatic nitrogens is 1. The van der Waals surface area contributed by atoms with Crippen LogP contribution in [-0.2, 0) is 4.74 Å². The summed E-state index contributed by atoms with van der Waals surface area (Å²) in [6.45, 7) is 5.28. The Bertz CT molecular complexity index is 885. The van der Waals surface area contributed by atoms with Crippen LogP contribution in [-0.4, -0.2) is 41.5 Å². The number of benzene rings is 1. The number of halogens is 1. The largest absolute Gasteiger partial charge is 0.444 e. The Balaban J connectivity index is 2.33. The smallest absolute Gasteiger partial charge is 0.413 e. The third kappa shape index (κ3) is 6.19. The number of Topliss-reactive ketones (excluding diaryl/α,β-unsaturated/α-hetero) is 1. The maximum absolute atomic E-state index is 13.2. The highest BCUT2D eigenvalue weighted by Gasteiger charge is 2.19. The summed E-state index contributed by atoms with van der Waals surface area (Å²) in [6, 6.07) is 8.59. The van der Waals surface area contributed by atoms with Crippen LogP contribution in [0.1, 0.15) is 36.7 Å². The van der Waals surface area contributed by atoms with Crippen molar-refractivity contribution in [1.29, 1.82) is 0 Å². The first kappa shape index (κ1) is 21.1. The number of carbonyl (C=O) groups is 2. The Hall–Kier alpha value is -3.22. The molecule has 0 atom stereocenters. The van der Waals surface area contributed by atoms with Crippen LogP contribution in [0.2, 0.25) is 0 Å². The number of pyridine rings is 1. The molecular weight excluding hydrogens is 361 g/mol. The van der Waals surface area contributed by atoms with E-state index >= 15 is 0 Å². The van der Waals surface area contributed by atoms with Crippen LogP contribution < -0.4 is 5.32 Å². The summed E-state index contributed by atoms with van der Waals surface area (Å²) >= 11 is 0. The molecule has 0 unspecified atom stereocenters. The highest BCUT2D eigenvalue weighted by atomic mass is 19.1. The Morgan fingerprint density at radius 2 is 1.75 bits per heavy atom. The van der Waals surface area contributed by atoms with Gasteiger partial charge in [-0.1, -0.05) is 0 Å². The van der Waals surface area contributed by atoms with Crippen molar-refractivity contribution >= 4 is 23.3 Å². The number of hydrogen-bond acceptors (Lipinski definition) is 5. The molecule has 2 aromatic rings. The van der Waals surface area contributed by atoms with Crippen LogP contribution in [0.5, 0.6) is 0 Å². The van der Waals surface area contributed by atoms with E-state index in [4.69, 9.17) is 4.74 Å². The molecule has 28 heavy (non-hydrogen) atoms. The van der Waals surface area contributed by atoms with Gasteiger partial charge >= 0.3 is 6.09 Å².